The molecule has 1 aliphatic rings. The van der Waals surface area contributed by atoms with Gasteiger partial charge in [0.05, 0.1) is 10.7 Å². The molecule has 1 aliphatic carbocycles. The van der Waals surface area contributed by atoms with Crippen LogP contribution in [-0.2, 0) is 17.6 Å². The molecule has 0 saturated carbocycles. The van der Waals surface area contributed by atoms with Crippen LogP contribution in [0.2, 0.25) is 10.0 Å². The van der Waals surface area contributed by atoms with Crippen molar-refractivity contribution in [3.8, 4) is 6.07 Å². The molecule has 4 nitrogen and oxygen atoms in total. The first kappa shape index (κ1) is 20.3. The molecule has 0 spiro atoms. The number of nitriles is 1. The first-order chi connectivity index (χ1) is 13.5. The number of benzene rings is 2. The normalized spacial score (nSPS) is 14.6. The highest BCUT2D eigenvalue weighted by molar-refractivity contribution is 6.35. The Morgan fingerprint density at radius 1 is 1.14 bits per heavy atom. The lowest BCUT2D eigenvalue weighted by Crippen LogP contribution is -2.19. The third-order valence-corrected chi connectivity index (χ3v) is 5.46. The van der Waals surface area contributed by atoms with Gasteiger partial charge in [0.1, 0.15) is 11.6 Å². The van der Waals surface area contributed by atoms with Gasteiger partial charge in [-0.1, -0.05) is 41.4 Å². The number of carbonyl (C=O) groups is 1. The highest BCUT2D eigenvalue weighted by Crippen LogP contribution is 2.26. The van der Waals surface area contributed by atoms with E-state index in [1.165, 1.54) is 30.2 Å². The van der Waals surface area contributed by atoms with Crippen LogP contribution in [0, 0.1) is 11.3 Å². The van der Waals surface area contributed by atoms with E-state index in [0.29, 0.717) is 15.7 Å². The van der Waals surface area contributed by atoms with Crippen molar-refractivity contribution in [1.29, 1.82) is 5.26 Å². The second-order valence-electron chi connectivity index (χ2n) is 6.87. The van der Waals surface area contributed by atoms with Crippen LogP contribution >= 0.6 is 23.2 Å². The predicted molar refractivity (Wildman–Crippen MR) is 113 cm³/mol. The Balaban J connectivity index is 1.69. The van der Waals surface area contributed by atoms with Gasteiger partial charge in [0.15, 0.2) is 0 Å². The molecule has 1 unspecified atom stereocenters. The molecule has 6 heteroatoms. The summed E-state index contributed by atoms with van der Waals surface area (Å²) in [6, 6.07) is 13.2. The highest BCUT2D eigenvalue weighted by Gasteiger charge is 2.14. The molecule has 144 valence electrons. The van der Waals surface area contributed by atoms with Crippen LogP contribution in [0.5, 0.6) is 0 Å². The van der Waals surface area contributed by atoms with Crippen LogP contribution in [0.25, 0.3) is 0 Å². The Morgan fingerprint density at radius 2 is 1.89 bits per heavy atom. The molecule has 0 aliphatic heterocycles. The Kier molecular flexibility index (Phi) is 6.61. The number of hydrogen-bond donors (Lipinski definition) is 2. The minimum atomic E-state index is -0.545. The number of amides is 1. The fourth-order valence-corrected chi connectivity index (χ4v) is 3.60. The molecule has 1 atom stereocenters. The number of aryl methyl sites for hydroxylation is 2. The third kappa shape index (κ3) is 4.86. The van der Waals surface area contributed by atoms with Gasteiger partial charge in [0.25, 0.3) is 5.91 Å². The van der Waals surface area contributed by atoms with E-state index >= 15 is 0 Å². The summed E-state index contributed by atoms with van der Waals surface area (Å²) in [4.78, 5) is 12.4. The van der Waals surface area contributed by atoms with Crippen LogP contribution < -0.4 is 10.6 Å². The summed E-state index contributed by atoms with van der Waals surface area (Å²) in [5, 5.41) is 15.9. The number of nitrogens with zero attached hydrogens (tertiary/aromatic N) is 1. The first-order valence-corrected chi connectivity index (χ1v) is 9.98. The molecule has 3 rings (SSSR count). The standard InChI is InChI=1S/C22H21Cl2N3O/c1-14(16-7-6-15-4-2-3-5-17(15)10-16)26-13-18(12-25)22(28)27-21-11-19(23)8-9-20(21)24/h6-11,13-14,26H,2-5H2,1H3,(H,27,28)/b18-13-. The molecule has 2 aromatic rings. The Morgan fingerprint density at radius 3 is 2.64 bits per heavy atom. The van der Waals surface area contributed by atoms with E-state index in [1.807, 2.05) is 13.0 Å². The van der Waals surface area contributed by atoms with Crippen LogP contribution in [0.3, 0.4) is 0 Å². The van der Waals surface area contributed by atoms with E-state index in [4.69, 9.17) is 23.2 Å². The van der Waals surface area contributed by atoms with Crippen LogP contribution in [-0.4, -0.2) is 5.91 Å². The summed E-state index contributed by atoms with van der Waals surface area (Å²) < 4.78 is 0. The average Bonchev–Trinajstić information content (AvgIpc) is 2.70. The number of halogens is 2. The number of fused-ring (bicyclic) bond motifs is 1. The van der Waals surface area contributed by atoms with Crippen molar-refractivity contribution in [3.05, 3.63) is 74.9 Å². The third-order valence-electron chi connectivity index (χ3n) is 4.89. The second-order valence-corrected chi connectivity index (χ2v) is 7.72. The number of rotatable bonds is 5. The van der Waals surface area contributed by atoms with Gasteiger partial charge in [0, 0.05) is 17.3 Å². The summed E-state index contributed by atoms with van der Waals surface area (Å²) in [7, 11) is 0. The Hall–Kier alpha value is -2.48. The summed E-state index contributed by atoms with van der Waals surface area (Å²) in [6.45, 7) is 2.00. The fourth-order valence-electron chi connectivity index (χ4n) is 3.26. The van der Waals surface area contributed by atoms with Gasteiger partial charge >= 0.3 is 0 Å². The van der Waals surface area contributed by atoms with E-state index in [1.54, 1.807) is 18.2 Å². The van der Waals surface area contributed by atoms with Crippen molar-refractivity contribution in [1.82, 2.24) is 5.32 Å². The van der Waals surface area contributed by atoms with E-state index in [-0.39, 0.29) is 11.6 Å². The van der Waals surface area contributed by atoms with E-state index in [9.17, 15) is 10.1 Å². The highest BCUT2D eigenvalue weighted by atomic mass is 35.5. The molecule has 2 aromatic carbocycles. The van der Waals surface area contributed by atoms with Gasteiger partial charge in [-0.3, -0.25) is 4.79 Å². The topological polar surface area (TPSA) is 64.9 Å². The smallest absolute Gasteiger partial charge is 0.267 e. The van der Waals surface area contributed by atoms with Crippen LogP contribution in [0.1, 0.15) is 42.5 Å². The SMILES string of the molecule is CC(N/C=C(/C#N)C(=O)Nc1cc(Cl)ccc1Cl)c1ccc2c(c1)CCCC2. The lowest BCUT2D eigenvalue weighted by molar-refractivity contribution is -0.112. The summed E-state index contributed by atoms with van der Waals surface area (Å²) in [5.74, 6) is -0.545. The van der Waals surface area contributed by atoms with Crippen molar-refractivity contribution in [2.45, 2.75) is 38.6 Å². The molecule has 0 aromatic heterocycles. The van der Waals surface area contributed by atoms with Gasteiger partial charge in [-0.2, -0.15) is 5.26 Å². The minimum Gasteiger partial charge on any atom is -0.383 e. The number of hydrogen-bond acceptors (Lipinski definition) is 3. The Bertz CT molecular complexity index is 963. The maximum atomic E-state index is 12.4. The molecule has 0 heterocycles. The summed E-state index contributed by atoms with van der Waals surface area (Å²) in [5.41, 5.74) is 4.28. The van der Waals surface area contributed by atoms with Crippen LogP contribution in [0.15, 0.2) is 48.2 Å². The molecule has 0 radical (unpaired) electrons. The van der Waals surface area contributed by atoms with Crippen molar-refractivity contribution in [3.63, 3.8) is 0 Å². The lowest BCUT2D eigenvalue weighted by Gasteiger charge is -2.19. The zero-order valence-corrected chi connectivity index (χ0v) is 17.1. The lowest BCUT2D eigenvalue weighted by atomic mass is 9.89. The largest absolute Gasteiger partial charge is 0.383 e. The minimum absolute atomic E-state index is 0.0295. The van der Waals surface area contributed by atoms with Crippen molar-refractivity contribution < 1.29 is 4.79 Å². The molecule has 2 N–H and O–H groups in total. The van der Waals surface area contributed by atoms with Gasteiger partial charge < -0.3 is 10.6 Å². The average molecular weight is 414 g/mol. The van der Waals surface area contributed by atoms with Crippen molar-refractivity contribution in [2.75, 3.05) is 5.32 Å². The van der Waals surface area contributed by atoms with Crippen molar-refractivity contribution in [2.24, 2.45) is 0 Å². The first-order valence-electron chi connectivity index (χ1n) is 9.22. The zero-order valence-electron chi connectivity index (χ0n) is 15.6. The molecule has 1 amide bonds. The van der Waals surface area contributed by atoms with E-state index < -0.39 is 5.91 Å². The van der Waals surface area contributed by atoms with Gasteiger partial charge in [-0.05, 0) is 67.5 Å². The van der Waals surface area contributed by atoms with Crippen LogP contribution in [0.4, 0.5) is 5.69 Å². The second kappa shape index (κ2) is 9.14. The summed E-state index contributed by atoms with van der Waals surface area (Å²) in [6.07, 6.45) is 6.17. The maximum Gasteiger partial charge on any atom is 0.267 e. The van der Waals surface area contributed by atoms with Crippen molar-refractivity contribution >= 4 is 34.8 Å². The predicted octanol–water partition coefficient (Wildman–Crippen LogP) is 5.57. The molecule has 0 fully saturated rings. The number of carbonyl (C=O) groups excluding carboxylic acids is 1. The summed E-state index contributed by atoms with van der Waals surface area (Å²) >= 11 is 12.0. The van der Waals surface area contributed by atoms with E-state index in [2.05, 4.69) is 28.8 Å². The fraction of sp³-hybridized carbons (Fsp3) is 0.273. The quantitative estimate of drug-likeness (QED) is 0.497. The van der Waals surface area contributed by atoms with Gasteiger partial charge in [0.2, 0.25) is 0 Å². The number of anilines is 1. The molecular formula is C22H21Cl2N3O. The monoisotopic (exact) mass is 413 g/mol. The zero-order chi connectivity index (χ0) is 20.1. The molecule has 28 heavy (non-hydrogen) atoms. The van der Waals surface area contributed by atoms with Gasteiger partial charge in [-0.25, -0.2) is 0 Å². The molecule has 0 saturated heterocycles. The van der Waals surface area contributed by atoms with E-state index in [0.717, 1.165) is 18.4 Å². The maximum absolute atomic E-state index is 12.4. The Labute approximate surface area is 175 Å². The van der Waals surface area contributed by atoms with Gasteiger partial charge in [-0.15, -0.1) is 0 Å². The molecular weight excluding hydrogens is 393 g/mol. The molecule has 0 bridgehead atoms. The number of nitrogens with one attached hydrogen (secondary N) is 2.